The third-order valence-electron chi connectivity index (χ3n) is 2.81. The minimum absolute atomic E-state index is 0.441. The van der Waals surface area contributed by atoms with Gasteiger partial charge in [0.1, 0.15) is 0 Å². The molecule has 0 spiro atoms. The summed E-state index contributed by atoms with van der Waals surface area (Å²) in [7, 11) is 4.65. The number of methoxy groups -OCH3 is 3. The monoisotopic (exact) mass is 309 g/mol. The normalized spacial score (nSPS) is 10.1. The molecule has 112 valence electrons. The van der Waals surface area contributed by atoms with Crippen molar-refractivity contribution in [2.24, 2.45) is 0 Å². The molecule has 0 aliphatic heterocycles. The molecule has 0 aliphatic rings. The lowest BCUT2D eigenvalue weighted by Gasteiger charge is -2.15. The van der Waals surface area contributed by atoms with Crippen LogP contribution in [0.4, 0.5) is 17.2 Å². The van der Waals surface area contributed by atoms with Gasteiger partial charge in [0.05, 0.1) is 32.0 Å². The van der Waals surface area contributed by atoms with Crippen LogP contribution in [0, 0.1) is 0 Å². The first-order valence-electron chi connectivity index (χ1n) is 6.07. The number of ether oxygens (including phenoxy) is 3. The van der Waals surface area contributed by atoms with Crippen LogP contribution >= 0.6 is 11.6 Å². The fraction of sp³-hybridized carbons (Fsp3) is 0.214. The number of nitrogens with one attached hydrogen (secondary N) is 1. The molecule has 0 amide bonds. The molecule has 0 radical (unpaired) electrons. The molecule has 0 saturated carbocycles. The van der Waals surface area contributed by atoms with Gasteiger partial charge in [-0.1, -0.05) is 11.6 Å². The highest BCUT2D eigenvalue weighted by Crippen LogP contribution is 2.40. The lowest BCUT2D eigenvalue weighted by molar-refractivity contribution is 0.324. The van der Waals surface area contributed by atoms with E-state index < -0.39 is 0 Å². The zero-order valence-corrected chi connectivity index (χ0v) is 12.7. The Bertz CT molecular complexity index is 624. The molecule has 6 nitrogen and oxygen atoms in total. The first-order valence-corrected chi connectivity index (χ1v) is 6.45. The molecule has 0 fully saturated rings. The summed E-state index contributed by atoms with van der Waals surface area (Å²) >= 11 is 5.83. The van der Waals surface area contributed by atoms with Crippen molar-refractivity contribution >= 4 is 28.8 Å². The van der Waals surface area contributed by atoms with Gasteiger partial charge in [-0.3, -0.25) is 0 Å². The van der Waals surface area contributed by atoms with E-state index >= 15 is 0 Å². The Hall–Kier alpha value is -2.34. The summed E-state index contributed by atoms with van der Waals surface area (Å²) in [6.07, 6.45) is 1.51. The maximum Gasteiger partial charge on any atom is 0.203 e. The van der Waals surface area contributed by atoms with Crippen molar-refractivity contribution in [1.29, 1.82) is 0 Å². The van der Waals surface area contributed by atoms with Gasteiger partial charge in [-0.05, 0) is 6.07 Å². The molecular weight excluding hydrogens is 294 g/mol. The van der Waals surface area contributed by atoms with E-state index in [0.29, 0.717) is 39.5 Å². The predicted molar refractivity (Wildman–Crippen MR) is 83.0 cm³/mol. The standard InChI is InChI=1S/C14H16ClN3O3/c1-19-11-5-9(6-12(20-2)13(11)21-3)18-14-10(16)4-8(15)7-17-14/h4-7H,16H2,1-3H3,(H,17,18). The quantitative estimate of drug-likeness (QED) is 0.883. The van der Waals surface area contributed by atoms with Gasteiger partial charge in [0, 0.05) is 24.0 Å². The number of nitrogen functional groups attached to an aromatic ring is 1. The maximum absolute atomic E-state index is 5.87. The van der Waals surface area contributed by atoms with E-state index in [1.165, 1.54) is 6.20 Å². The van der Waals surface area contributed by atoms with Crippen molar-refractivity contribution in [3.05, 3.63) is 29.4 Å². The lowest BCUT2D eigenvalue weighted by atomic mass is 10.2. The number of aromatic nitrogens is 1. The molecule has 1 aromatic heterocycles. The SMILES string of the molecule is COc1cc(Nc2ncc(Cl)cc2N)cc(OC)c1OC. The van der Waals surface area contributed by atoms with Gasteiger partial charge < -0.3 is 25.3 Å². The van der Waals surface area contributed by atoms with Crippen LogP contribution in [0.1, 0.15) is 0 Å². The van der Waals surface area contributed by atoms with Crippen molar-refractivity contribution in [3.8, 4) is 17.2 Å². The number of halogens is 1. The first kappa shape index (κ1) is 15.1. The van der Waals surface area contributed by atoms with Crippen molar-refractivity contribution in [1.82, 2.24) is 4.98 Å². The van der Waals surface area contributed by atoms with Gasteiger partial charge >= 0.3 is 0 Å². The summed E-state index contributed by atoms with van der Waals surface area (Å²) in [5.41, 5.74) is 7.01. The second kappa shape index (κ2) is 6.41. The van der Waals surface area contributed by atoms with Crippen LogP contribution in [0.15, 0.2) is 24.4 Å². The van der Waals surface area contributed by atoms with Gasteiger partial charge in [-0.15, -0.1) is 0 Å². The van der Waals surface area contributed by atoms with E-state index in [9.17, 15) is 0 Å². The fourth-order valence-corrected chi connectivity index (χ4v) is 2.02. The largest absolute Gasteiger partial charge is 0.493 e. The Kier molecular flexibility index (Phi) is 4.59. The zero-order chi connectivity index (χ0) is 15.4. The molecular formula is C14H16ClN3O3. The third kappa shape index (κ3) is 3.22. The second-order valence-corrected chi connectivity index (χ2v) is 4.57. The van der Waals surface area contributed by atoms with E-state index in [-0.39, 0.29) is 0 Å². The number of pyridine rings is 1. The molecule has 7 heteroatoms. The van der Waals surface area contributed by atoms with E-state index in [0.717, 1.165) is 0 Å². The predicted octanol–water partition coefficient (Wildman–Crippen LogP) is 3.09. The molecule has 2 aromatic rings. The first-order chi connectivity index (χ1) is 10.1. The van der Waals surface area contributed by atoms with Gasteiger partial charge in [-0.2, -0.15) is 0 Å². The van der Waals surface area contributed by atoms with Crippen molar-refractivity contribution in [2.75, 3.05) is 32.4 Å². The van der Waals surface area contributed by atoms with Crippen LogP contribution in [0.5, 0.6) is 17.2 Å². The average Bonchev–Trinajstić information content (AvgIpc) is 2.49. The molecule has 1 aromatic carbocycles. The topological polar surface area (TPSA) is 78.6 Å². The molecule has 0 saturated heterocycles. The second-order valence-electron chi connectivity index (χ2n) is 4.13. The number of benzene rings is 1. The summed E-state index contributed by atoms with van der Waals surface area (Å²) in [6.45, 7) is 0. The number of hydrogen-bond acceptors (Lipinski definition) is 6. The van der Waals surface area contributed by atoms with Crippen LogP contribution in [0.25, 0.3) is 0 Å². The van der Waals surface area contributed by atoms with Crippen LogP contribution in [0.3, 0.4) is 0 Å². The molecule has 0 aliphatic carbocycles. The van der Waals surface area contributed by atoms with E-state index in [1.54, 1.807) is 39.5 Å². The van der Waals surface area contributed by atoms with Crippen LogP contribution in [-0.4, -0.2) is 26.3 Å². The van der Waals surface area contributed by atoms with Crippen LogP contribution in [-0.2, 0) is 0 Å². The average molecular weight is 310 g/mol. The molecule has 3 N–H and O–H groups in total. The Morgan fingerprint density at radius 3 is 2.14 bits per heavy atom. The Labute approximate surface area is 127 Å². The van der Waals surface area contributed by atoms with E-state index in [2.05, 4.69) is 10.3 Å². The Morgan fingerprint density at radius 1 is 1.05 bits per heavy atom. The summed E-state index contributed by atoms with van der Waals surface area (Å²) in [5, 5.41) is 3.56. The maximum atomic E-state index is 5.87. The Morgan fingerprint density at radius 2 is 1.67 bits per heavy atom. The molecule has 0 unspecified atom stereocenters. The third-order valence-corrected chi connectivity index (χ3v) is 3.02. The van der Waals surface area contributed by atoms with Gasteiger partial charge in [0.2, 0.25) is 5.75 Å². The van der Waals surface area contributed by atoms with Crippen LogP contribution < -0.4 is 25.3 Å². The highest BCUT2D eigenvalue weighted by atomic mass is 35.5. The number of rotatable bonds is 5. The highest BCUT2D eigenvalue weighted by Gasteiger charge is 2.14. The van der Waals surface area contributed by atoms with Crippen molar-refractivity contribution < 1.29 is 14.2 Å². The van der Waals surface area contributed by atoms with Gasteiger partial charge in [-0.25, -0.2) is 4.98 Å². The minimum atomic E-state index is 0.441. The minimum Gasteiger partial charge on any atom is -0.493 e. The summed E-state index contributed by atoms with van der Waals surface area (Å²) in [5.74, 6) is 2.08. The van der Waals surface area contributed by atoms with Crippen molar-refractivity contribution in [3.63, 3.8) is 0 Å². The van der Waals surface area contributed by atoms with E-state index in [1.807, 2.05) is 0 Å². The number of nitrogens with zero attached hydrogens (tertiary/aromatic N) is 1. The smallest absolute Gasteiger partial charge is 0.203 e. The summed E-state index contributed by atoms with van der Waals surface area (Å²) in [6, 6.07) is 5.14. The molecule has 21 heavy (non-hydrogen) atoms. The summed E-state index contributed by atoms with van der Waals surface area (Å²) < 4.78 is 15.8. The van der Waals surface area contributed by atoms with Gasteiger partial charge in [0.25, 0.3) is 0 Å². The fourth-order valence-electron chi connectivity index (χ4n) is 1.85. The van der Waals surface area contributed by atoms with E-state index in [4.69, 9.17) is 31.5 Å². The molecule has 0 atom stereocenters. The number of anilines is 3. The molecule has 0 bridgehead atoms. The summed E-state index contributed by atoms with van der Waals surface area (Å²) in [4.78, 5) is 4.15. The van der Waals surface area contributed by atoms with Crippen molar-refractivity contribution in [2.45, 2.75) is 0 Å². The number of nitrogens with two attached hydrogens (primary N) is 1. The number of hydrogen-bond donors (Lipinski definition) is 2. The molecule has 1 heterocycles. The van der Waals surface area contributed by atoms with Gasteiger partial charge in [0.15, 0.2) is 17.3 Å². The Balaban J connectivity index is 2.40. The highest BCUT2D eigenvalue weighted by molar-refractivity contribution is 6.30. The zero-order valence-electron chi connectivity index (χ0n) is 11.9. The molecule has 2 rings (SSSR count). The van der Waals surface area contributed by atoms with Crippen LogP contribution in [0.2, 0.25) is 5.02 Å². The lowest BCUT2D eigenvalue weighted by Crippen LogP contribution is -2.01.